The molecule has 3 heterocycles. The predicted molar refractivity (Wildman–Crippen MR) is 259 cm³/mol. The van der Waals surface area contributed by atoms with E-state index in [1.807, 2.05) is 43.5 Å². The Labute approximate surface area is 400 Å². The Morgan fingerprint density at radius 3 is 2.50 bits per heavy atom. The molecule has 3 fully saturated rings. The fraction of sp³-hybridized carbons (Fsp3) is 0.500. The summed E-state index contributed by atoms with van der Waals surface area (Å²) in [5.74, 6) is -1.73. The minimum Gasteiger partial charge on any atom is -0.497 e. The van der Waals surface area contributed by atoms with E-state index in [0.717, 1.165) is 55.5 Å². The van der Waals surface area contributed by atoms with Gasteiger partial charge in [0.25, 0.3) is 15.9 Å². The van der Waals surface area contributed by atoms with Gasteiger partial charge in [0, 0.05) is 54.4 Å². The number of methoxy groups -OCH3 is 1. The second kappa shape index (κ2) is 22.4. The molecule has 0 spiro atoms. The monoisotopic (exact) mass is 974 g/mol. The summed E-state index contributed by atoms with van der Waals surface area (Å²) in [7, 11) is -2.80. The molecule has 2 saturated carbocycles. The number of hydrogen-bond donors (Lipinski definition) is 7. The molecular formula is C48H62N8O10S2. The van der Waals surface area contributed by atoms with Crippen molar-refractivity contribution in [3.63, 3.8) is 0 Å². The highest BCUT2D eigenvalue weighted by Crippen LogP contribution is 2.45. The van der Waals surface area contributed by atoms with E-state index in [9.17, 15) is 32.7 Å². The van der Waals surface area contributed by atoms with Gasteiger partial charge < -0.3 is 45.9 Å². The average molecular weight is 975 g/mol. The Balaban J connectivity index is 0.902. The average Bonchev–Trinajstić information content (AvgIpc) is 3.76. The molecule has 1 saturated heterocycles. The topological polar surface area (TPSA) is 248 Å². The maximum Gasteiger partial charge on any atom is 0.408 e. The number of carboxylic acids is 1. The van der Waals surface area contributed by atoms with E-state index in [-0.39, 0.29) is 36.3 Å². The van der Waals surface area contributed by atoms with Gasteiger partial charge in [0.1, 0.15) is 45.9 Å². The van der Waals surface area contributed by atoms with Crippen molar-refractivity contribution in [1.29, 1.82) is 0 Å². The maximum atomic E-state index is 13.9. The smallest absolute Gasteiger partial charge is 0.408 e. The normalized spacial score (nSPS) is 20.6. The molecule has 18 nitrogen and oxygen atoms in total. The van der Waals surface area contributed by atoms with Gasteiger partial charge in [0.2, 0.25) is 5.91 Å². The highest BCUT2D eigenvalue weighted by atomic mass is 32.2. The summed E-state index contributed by atoms with van der Waals surface area (Å²) >= 11 is 1.48. The number of hydrogen-bond acceptors (Lipinski definition) is 15. The van der Waals surface area contributed by atoms with Crippen LogP contribution in [0.5, 0.6) is 11.5 Å². The first-order chi connectivity index (χ1) is 32.7. The number of benzene rings is 2. The number of nitrogens with zero attached hydrogens (tertiary/aromatic N) is 2. The van der Waals surface area contributed by atoms with Gasteiger partial charge >= 0.3 is 12.1 Å². The molecule has 2 aromatic heterocycles. The van der Waals surface area contributed by atoms with Gasteiger partial charge in [-0.1, -0.05) is 43.9 Å². The molecule has 7 N–H and O–H groups in total. The molecule has 0 radical (unpaired) electrons. The van der Waals surface area contributed by atoms with Gasteiger partial charge in [0.05, 0.1) is 30.0 Å². The van der Waals surface area contributed by atoms with E-state index in [0.29, 0.717) is 60.0 Å². The van der Waals surface area contributed by atoms with Crippen molar-refractivity contribution < 1.29 is 46.9 Å². The second-order valence-electron chi connectivity index (χ2n) is 17.9. The first-order valence-corrected chi connectivity index (χ1v) is 25.7. The molecule has 1 aliphatic heterocycles. The van der Waals surface area contributed by atoms with Crippen LogP contribution in [0.15, 0.2) is 71.5 Å². The predicted octanol–water partition coefficient (Wildman–Crippen LogP) is 6.74. The summed E-state index contributed by atoms with van der Waals surface area (Å²) in [6, 6.07) is 12.1. The van der Waals surface area contributed by atoms with Crippen LogP contribution in [0.1, 0.15) is 90.9 Å². The number of pyridine rings is 1. The number of aliphatic carboxylic acids is 1. The zero-order valence-electron chi connectivity index (χ0n) is 38.7. The lowest BCUT2D eigenvalue weighted by Crippen LogP contribution is -2.55. The number of para-hydroxylation sites is 1. The number of amides is 3. The van der Waals surface area contributed by atoms with E-state index in [1.54, 1.807) is 25.3 Å². The molecule has 0 bridgehead atoms. The number of anilines is 2. The molecular weight excluding hydrogens is 913 g/mol. The molecule has 5 unspecified atom stereocenters. The van der Waals surface area contributed by atoms with Crippen LogP contribution in [-0.2, 0) is 29.1 Å². The third kappa shape index (κ3) is 12.6. The molecule has 5 atom stereocenters. The number of thiazole rings is 1. The van der Waals surface area contributed by atoms with E-state index in [2.05, 4.69) is 37.9 Å². The van der Waals surface area contributed by atoms with Crippen LogP contribution in [0.4, 0.5) is 15.6 Å². The highest BCUT2D eigenvalue weighted by molar-refractivity contribution is 7.90. The van der Waals surface area contributed by atoms with Crippen molar-refractivity contribution in [2.75, 3.05) is 30.8 Å². The van der Waals surface area contributed by atoms with E-state index < -0.39 is 63.5 Å². The van der Waals surface area contributed by atoms with Crippen molar-refractivity contribution in [2.24, 2.45) is 5.92 Å². The number of carboxylic acid groups (broad SMARTS) is 1. The minimum absolute atomic E-state index is 0.116. The molecule has 4 aromatic rings. The summed E-state index contributed by atoms with van der Waals surface area (Å²) in [6.07, 6.45) is 8.25. The van der Waals surface area contributed by atoms with Crippen molar-refractivity contribution in [1.82, 2.24) is 30.6 Å². The number of nitrogens with one attached hydrogen (secondary N) is 6. The molecule has 3 aliphatic rings. The van der Waals surface area contributed by atoms with Crippen molar-refractivity contribution >= 4 is 67.0 Å². The maximum absolute atomic E-state index is 13.9. The Kier molecular flexibility index (Phi) is 16.4. The molecule has 366 valence electrons. The number of sulfonamides is 1. The first-order valence-electron chi connectivity index (χ1n) is 23.3. The number of carbonyl (C=O) groups excluding carboxylic acids is 3. The highest BCUT2D eigenvalue weighted by Gasteiger charge is 2.61. The van der Waals surface area contributed by atoms with Gasteiger partial charge in [0.15, 0.2) is 5.13 Å². The van der Waals surface area contributed by atoms with E-state index in [1.165, 1.54) is 23.5 Å². The third-order valence-corrected chi connectivity index (χ3v) is 14.6. The largest absolute Gasteiger partial charge is 0.497 e. The van der Waals surface area contributed by atoms with Gasteiger partial charge in [-0.3, -0.25) is 9.59 Å². The number of carbonyl (C=O) groups is 4. The summed E-state index contributed by atoms with van der Waals surface area (Å²) < 4.78 is 47.2. The summed E-state index contributed by atoms with van der Waals surface area (Å²) in [6.45, 7) is 8.68. The van der Waals surface area contributed by atoms with Crippen LogP contribution in [0.3, 0.4) is 0 Å². The van der Waals surface area contributed by atoms with Crippen LogP contribution in [-0.4, -0.2) is 103 Å². The molecule has 7 rings (SSSR count). The minimum atomic E-state index is -4.39. The number of aromatic nitrogens is 2. The zero-order chi connectivity index (χ0) is 48.4. The summed E-state index contributed by atoms with van der Waals surface area (Å²) in [5, 5.41) is 28.1. The fourth-order valence-electron chi connectivity index (χ4n) is 8.68. The van der Waals surface area contributed by atoms with Crippen molar-refractivity contribution in [3.8, 4) is 22.9 Å². The quantitative estimate of drug-likeness (QED) is 0.0284. The first kappa shape index (κ1) is 49.9. The number of rotatable bonds is 24. The Hall–Kier alpha value is -5.99. The van der Waals surface area contributed by atoms with E-state index in [4.69, 9.17) is 24.2 Å². The van der Waals surface area contributed by atoms with Crippen molar-refractivity contribution in [2.45, 2.75) is 132 Å². The lowest BCUT2D eigenvalue weighted by molar-refractivity contribution is -0.139. The Bertz CT molecular complexity index is 2570. The van der Waals surface area contributed by atoms with Crippen molar-refractivity contribution in [3.05, 3.63) is 66.6 Å². The van der Waals surface area contributed by atoms with Crippen LogP contribution in [0.2, 0.25) is 0 Å². The SMILES string of the molecule is C=CC1CC1(NC(=O)C1CC(Oc2cc(-c3csc(NC(C)C)n3)nc3cc(OC)ccc23)CN1)C(=O)NS(=O)(=O)c1ccccc1NCCCCCCCC(NC(=O)OC1CCCC1)C(=O)O. The Morgan fingerprint density at radius 1 is 1.00 bits per heavy atom. The zero-order valence-corrected chi connectivity index (χ0v) is 40.3. The van der Waals surface area contributed by atoms with Gasteiger partial charge in [-0.15, -0.1) is 17.9 Å². The summed E-state index contributed by atoms with van der Waals surface area (Å²) in [5.41, 5.74) is 0.747. The molecule has 3 amide bonds. The third-order valence-electron chi connectivity index (χ3n) is 12.5. The molecule has 2 aliphatic carbocycles. The van der Waals surface area contributed by atoms with E-state index >= 15 is 0 Å². The standard InChI is InChI=1S/C48H62N8O10S2/c1-5-30-26-48(30,55-43(57)39-24-33(27-50-39)65-41-25-38(40-28-67-46(53-40)51-29(2)3)52-37-23-32(64-4)20-21-34(37)41)45(60)56-68(62,63)42-19-13-12-17-35(42)49-22-14-8-6-7-9-18-36(44(58)59)54-47(61)66-31-15-10-11-16-31/h5,12-13,17,19-21,23,25,28-31,33,36,39,49-50H,1,6-11,14-16,18,22,24,26-27H2,2-4H3,(H,51,53)(H,54,61)(H,55,57)(H,56,60)(H,58,59). The van der Waals surface area contributed by atoms with Gasteiger partial charge in [-0.25, -0.2) is 32.7 Å². The number of ether oxygens (including phenoxy) is 3. The summed E-state index contributed by atoms with van der Waals surface area (Å²) in [4.78, 5) is 61.1. The molecule has 20 heteroatoms. The van der Waals surface area contributed by atoms with Gasteiger partial charge in [-0.05, 0) is 83.1 Å². The van der Waals surface area contributed by atoms with Crippen LogP contribution in [0.25, 0.3) is 22.3 Å². The van der Waals surface area contributed by atoms with Crippen LogP contribution < -0.4 is 40.8 Å². The van der Waals surface area contributed by atoms with Gasteiger partial charge in [-0.2, -0.15) is 0 Å². The fourth-order valence-corrected chi connectivity index (χ4v) is 10.8. The number of fused-ring (bicyclic) bond motifs is 1. The second-order valence-corrected chi connectivity index (χ2v) is 20.4. The number of unbranched alkanes of at least 4 members (excludes halogenated alkanes) is 4. The lowest BCUT2D eigenvalue weighted by atomic mass is 10.1. The molecule has 68 heavy (non-hydrogen) atoms. The van der Waals surface area contributed by atoms with Crippen LogP contribution in [0, 0.1) is 5.92 Å². The van der Waals surface area contributed by atoms with Crippen LogP contribution >= 0.6 is 11.3 Å². The number of alkyl carbamates (subject to hydrolysis) is 1. The molecule has 2 aromatic carbocycles. The lowest BCUT2D eigenvalue weighted by Gasteiger charge is -2.22. The Morgan fingerprint density at radius 2 is 1.76 bits per heavy atom.